The highest BCUT2D eigenvalue weighted by Crippen LogP contribution is 2.27. The van der Waals surface area contributed by atoms with Crippen LogP contribution in [0.4, 0.5) is 10.5 Å². The van der Waals surface area contributed by atoms with Gasteiger partial charge in [0.05, 0.1) is 18.5 Å². The van der Waals surface area contributed by atoms with Crippen LogP contribution in [0.2, 0.25) is 0 Å². The molecule has 2 aromatic rings. The Hall–Kier alpha value is -3.42. The van der Waals surface area contributed by atoms with Gasteiger partial charge < -0.3 is 15.4 Å². The molecule has 134 valence electrons. The number of carbonyl (C=O) groups excluding carboxylic acids is 3. The molecule has 2 N–H and O–H groups in total. The predicted octanol–water partition coefficient (Wildman–Crippen LogP) is 1.50. The summed E-state index contributed by atoms with van der Waals surface area (Å²) in [6, 6.07) is 11.3. The maximum absolute atomic E-state index is 12.7. The van der Waals surface area contributed by atoms with E-state index in [1.807, 2.05) is 0 Å². The van der Waals surface area contributed by atoms with Gasteiger partial charge in [-0.1, -0.05) is 18.2 Å². The van der Waals surface area contributed by atoms with Crippen LogP contribution in [0.5, 0.6) is 5.75 Å². The minimum Gasteiger partial charge on any atom is -0.495 e. The quantitative estimate of drug-likeness (QED) is 0.793. The number of anilines is 1. The van der Waals surface area contributed by atoms with Crippen molar-refractivity contribution in [3.63, 3.8) is 0 Å². The first-order valence-electron chi connectivity index (χ1n) is 7.94. The molecule has 0 aliphatic carbocycles. The van der Waals surface area contributed by atoms with Crippen LogP contribution in [0.15, 0.2) is 48.7 Å². The summed E-state index contributed by atoms with van der Waals surface area (Å²) >= 11 is 0. The molecule has 0 saturated carbocycles. The SMILES string of the molecule is COc1ccccc1NC(=O)CN1C(=O)NC(C)(c2ccccn2)C1=O. The molecule has 0 spiro atoms. The zero-order valence-electron chi connectivity index (χ0n) is 14.4. The molecule has 1 fully saturated rings. The fraction of sp³-hybridized carbons (Fsp3) is 0.222. The van der Waals surface area contributed by atoms with E-state index in [1.54, 1.807) is 49.4 Å². The van der Waals surface area contributed by atoms with E-state index < -0.39 is 29.9 Å². The highest BCUT2D eigenvalue weighted by molar-refractivity contribution is 6.10. The summed E-state index contributed by atoms with van der Waals surface area (Å²) in [5.74, 6) is -0.559. The second-order valence-corrected chi connectivity index (χ2v) is 5.91. The number of rotatable bonds is 5. The maximum Gasteiger partial charge on any atom is 0.325 e. The van der Waals surface area contributed by atoms with Gasteiger partial charge in [0.25, 0.3) is 5.91 Å². The van der Waals surface area contributed by atoms with Gasteiger partial charge in [0.1, 0.15) is 12.3 Å². The lowest BCUT2D eigenvalue weighted by molar-refractivity contribution is -0.133. The monoisotopic (exact) mass is 354 g/mol. The molecular weight excluding hydrogens is 336 g/mol. The van der Waals surface area contributed by atoms with Gasteiger partial charge in [-0.15, -0.1) is 0 Å². The maximum atomic E-state index is 12.7. The standard InChI is InChI=1S/C18H18N4O4/c1-18(14-9-5-6-10-19-14)16(24)22(17(25)21-18)11-15(23)20-12-7-3-4-8-13(12)26-2/h3-10H,11H2,1-2H3,(H,20,23)(H,21,25). The van der Waals surface area contributed by atoms with E-state index in [0.717, 1.165) is 4.90 Å². The number of para-hydroxylation sites is 2. The van der Waals surface area contributed by atoms with E-state index in [2.05, 4.69) is 15.6 Å². The Balaban J connectivity index is 1.75. The minimum absolute atomic E-state index is 0.408. The molecule has 3 rings (SSSR count). The summed E-state index contributed by atoms with van der Waals surface area (Å²) in [6.45, 7) is 1.15. The largest absolute Gasteiger partial charge is 0.495 e. The Bertz CT molecular complexity index is 855. The van der Waals surface area contributed by atoms with Crippen LogP contribution in [0.1, 0.15) is 12.6 Å². The van der Waals surface area contributed by atoms with Crippen LogP contribution in [-0.2, 0) is 15.1 Å². The number of imide groups is 1. The predicted molar refractivity (Wildman–Crippen MR) is 93.5 cm³/mol. The van der Waals surface area contributed by atoms with E-state index in [0.29, 0.717) is 17.1 Å². The number of methoxy groups -OCH3 is 1. The smallest absolute Gasteiger partial charge is 0.325 e. The summed E-state index contributed by atoms with van der Waals surface area (Å²) in [5, 5.41) is 5.25. The fourth-order valence-corrected chi connectivity index (χ4v) is 2.75. The lowest BCUT2D eigenvalue weighted by atomic mass is 9.97. The summed E-state index contributed by atoms with van der Waals surface area (Å²) in [5.41, 5.74) is -0.436. The summed E-state index contributed by atoms with van der Waals surface area (Å²) in [7, 11) is 1.49. The fourth-order valence-electron chi connectivity index (χ4n) is 2.75. The Labute approximate surface area is 150 Å². The number of ether oxygens (including phenoxy) is 1. The number of urea groups is 1. The summed E-state index contributed by atoms with van der Waals surface area (Å²) < 4.78 is 5.17. The number of aromatic nitrogens is 1. The van der Waals surface area contributed by atoms with Crippen LogP contribution < -0.4 is 15.4 Å². The Morgan fingerprint density at radius 1 is 1.23 bits per heavy atom. The van der Waals surface area contributed by atoms with E-state index in [-0.39, 0.29) is 0 Å². The van der Waals surface area contributed by atoms with E-state index in [1.165, 1.54) is 13.3 Å². The molecule has 1 aliphatic rings. The van der Waals surface area contributed by atoms with Gasteiger partial charge in [0, 0.05) is 6.20 Å². The number of hydrogen-bond donors (Lipinski definition) is 2. The van der Waals surface area contributed by atoms with Crippen LogP contribution in [-0.4, -0.2) is 41.4 Å². The van der Waals surface area contributed by atoms with Crippen molar-refractivity contribution in [2.45, 2.75) is 12.5 Å². The number of nitrogens with zero attached hydrogens (tertiary/aromatic N) is 2. The Morgan fingerprint density at radius 3 is 2.65 bits per heavy atom. The first-order chi connectivity index (χ1) is 12.5. The van der Waals surface area contributed by atoms with Gasteiger partial charge >= 0.3 is 6.03 Å². The Morgan fingerprint density at radius 2 is 1.96 bits per heavy atom. The number of benzene rings is 1. The average Bonchev–Trinajstić information content (AvgIpc) is 2.87. The molecule has 1 unspecified atom stereocenters. The zero-order valence-corrected chi connectivity index (χ0v) is 14.4. The molecule has 1 aromatic carbocycles. The molecule has 1 saturated heterocycles. The molecule has 1 aromatic heterocycles. The second kappa shape index (κ2) is 6.83. The average molecular weight is 354 g/mol. The van der Waals surface area contributed by atoms with Gasteiger partial charge in [0.2, 0.25) is 5.91 Å². The second-order valence-electron chi connectivity index (χ2n) is 5.91. The summed E-state index contributed by atoms with van der Waals surface area (Å²) in [6.07, 6.45) is 1.54. The van der Waals surface area contributed by atoms with Crippen LogP contribution in [0, 0.1) is 0 Å². The van der Waals surface area contributed by atoms with Crippen LogP contribution in [0.25, 0.3) is 0 Å². The normalized spacial score (nSPS) is 19.2. The molecular formula is C18H18N4O4. The molecule has 0 bridgehead atoms. The van der Waals surface area contributed by atoms with Gasteiger partial charge in [-0.25, -0.2) is 4.79 Å². The van der Waals surface area contributed by atoms with Crippen molar-refractivity contribution in [1.29, 1.82) is 0 Å². The molecule has 26 heavy (non-hydrogen) atoms. The van der Waals surface area contributed by atoms with E-state index >= 15 is 0 Å². The first-order valence-corrected chi connectivity index (χ1v) is 7.94. The van der Waals surface area contributed by atoms with Crippen molar-refractivity contribution in [3.05, 3.63) is 54.4 Å². The lowest BCUT2D eigenvalue weighted by Gasteiger charge is -2.20. The highest BCUT2D eigenvalue weighted by Gasteiger charge is 2.50. The van der Waals surface area contributed by atoms with Crippen molar-refractivity contribution >= 4 is 23.5 Å². The number of nitrogens with one attached hydrogen (secondary N) is 2. The van der Waals surface area contributed by atoms with Crippen molar-refractivity contribution < 1.29 is 19.1 Å². The van der Waals surface area contributed by atoms with E-state index in [9.17, 15) is 14.4 Å². The Kier molecular flexibility index (Phi) is 4.57. The molecule has 1 atom stereocenters. The van der Waals surface area contributed by atoms with Gasteiger partial charge in [-0.3, -0.25) is 19.5 Å². The van der Waals surface area contributed by atoms with Crippen molar-refractivity contribution in [2.75, 3.05) is 19.0 Å². The minimum atomic E-state index is -1.30. The molecule has 2 heterocycles. The molecule has 0 radical (unpaired) electrons. The third-order valence-corrected chi connectivity index (χ3v) is 4.13. The van der Waals surface area contributed by atoms with Crippen molar-refractivity contribution in [1.82, 2.24) is 15.2 Å². The number of carbonyl (C=O) groups is 3. The lowest BCUT2D eigenvalue weighted by Crippen LogP contribution is -2.42. The molecule has 1 aliphatic heterocycles. The third-order valence-electron chi connectivity index (χ3n) is 4.13. The van der Waals surface area contributed by atoms with Crippen LogP contribution >= 0.6 is 0 Å². The van der Waals surface area contributed by atoms with Crippen molar-refractivity contribution in [3.8, 4) is 5.75 Å². The van der Waals surface area contributed by atoms with Crippen LogP contribution in [0.3, 0.4) is 0 Å². The van der Waals surface area contributed by atoms with Gasteiger partial charge in [-0.2, -0.15) is 0 Å². The highest BCUT2D eigenvalue weighted by atomic mass is 16.5. The third kappa shape index (κ3) is 3.08. The summed E-state index contributed by atoms with van der Waals surface area (Å²) in [4.78, 5) is 42.3. The number of pyridine rings is 1. The zero-order chi connectivity index (χ0) is 18.7. The topological polar surface area (TPSA) is 101 Å². The van der Waals surface area contributed by atoms with Gasteiger partial charge in [0.15, 0.2) is 5.54 Å². The molecule has 4 amide bonds. The number of amides is 4. The van der Waals surface area contributed by atoms with Crippen molar-refractivity contribution in [2.24, 2.45) is 0 Å². The number of hydrogen-bond acceptors (Lipinski definition) is 5. The van der Waals surface area contributed by atoms with Gasteiger partial charge in [-0.05, 0) is 31.2 Å². The van der Waals surface area contributed by atoms with E-state index in [4.69, 9.17) is 4.74 Å². The molecule has 8 nitrogen and oxygen atoms in total. The molecule has 8 heteroatoms. The first kappa shape index (κ1) is 17.4.